The minimum absolute atomic E-state index is 0.198. The maximum absolute atomic E-state index is 12.3. The predicted octanol–water partition coefficient (Wildman–Crippen LogP) is 2.24. The van der Waals surface area contributed by atoms with Crippen LogP contribution in [0.1, 0.15) is 24.9 Å². The van der Waals surface area contributed by atoms with Gasteiger partial charge in [-0.05, 0) is 37.6 Å². The van der Waals surface area contributed by atoms with Gasteiger partial charge in [0.1, 0.15) is 6.04 Å². The Morgan fingerprint density at radius 2 is 2.30 bits per heavy atom. The lowest BCUT2D eigenvalue weighted by Gasteiger charge is -2.29. The van der Waals surface area contributed by atoms with E-state index in [9.17, 15) is 4.79 Å². The summed E-state index contributed by atoms with van der Waals surface area (Å²) in [5, 5.41) is 3.99. The fourth-order valence-electron chi connectivity index (χ4n) is 2.52. The van der Waals surface area contributed by atoms with E-state index in [1.54, 1.807) is 0 Å². The van der Waals surface area contributed by atoms with Gasteiger partial charge in [0.05, 0.1) is 6.61 Å². The molecule has 1 aliphatic rings. The van der Waals surface area contributed by atoms with Crippen molar-refractivity contribution in [3.63, 3.8) is 0 Å². The third-order valence-electron chi connectivity index (χ3n) is 3.41. The van der Waals surface area contributed by atoms with Gasteiger partial charge in [0.2, 0.25) is 0 Å². The van der Waals surface area contributed by atoms with Gasteiger partial charge in [-0.1, -0.05) is 23.7 Å². The Morgan fingerprint density at radius 3 is 3.05 bits per heavy atom. The fourth-order valence-corrected chi connectivity index (χ4v) is 2.72. The first-order chi connectivity index (χ1) is 9.72. The van der Waals surface area contributed by atoms with Crippen molar-refractivity contribution < 1.29 is 9.53 Å². The van der Waals surface area contributed by atoms with Crippen molar-refractivity contribution in [3.8, 4) is 0 Å². The van der Waals surface area contributed by atoms with Gasteiger partial charge in [-0.25, -0.2) is 4.79 Å². The summed E-state index contributed by atoms with van der Waals surface area (Å²) in [5.74, 6) is -0.198. The summed E-state index contributed by atoms with van der Waals surface area (Å²) in [4.78, 5) is 14.5. The molecule has 0 bridgehead atoms. The number of hydrogen-bond donors (Lipinski definition) is 1. The number of carbonyl (C=O) groups excluding carboxylic acids is 1. The maximum Gasteiger partial charge on any atom is 0.328 e. The number of nitrogens with one attached hydrogen (secondary N) is 1. The molecule has 0 amide bonds. The van der Waals surface area contributed by atoms with Crippen molar-refractivity contribution in [2.45, 2.75) is 19.4 Å². The number of hydrogen-bond acceptors (Lipinski definition) is 4. The largest absolute Gasteiger partial charge is 0.465 e. The van der Waals surface area contributed by atoms with Crippen LogP contribution in [0.15, 0.2) is 24.3 Å². The van der Waals surface area contributed by atoms with Crippen LogP contribution in [-0.2, 0) is 9.53 Å². The van der Waals surface area contributed by atoms with E-state index < -0.39 is 0 Å². The van der Waals surface area contributed by atoms with Gasteiger partial charge in [0.25, 0.3) is 0 Å². The van der Waals surface area contributed by atoms with E-state index in [4.69, 9.17) is 16.3 Å². The second kappa shape index (κ2) is 7.62. The van der Waals surface area contributed by atoms with E-state index in [0.717, 1.165) is 38.2 Å². The molecule has 0 spiro atoms. The average molecular weight is 297 g/mol. The molecule has 1 atom stereocenters. The highest BCUT2D eigenvalue weighted by molar-refractivity contribution is 6.30. The zero-order valence-corrected chi connectivity index (χ0v) is 12.5. The highest BCUT2D eigenvalue weighted by Gasteiger charge is 2.29. The molecule has 0 saturated carbocycles. The first-order valence-corrected chi connectivity index (χ1v) is 7.47. The zero-order chi connectivity index (χ0) is 14.4. The molecule has 1 aliphatic heterocycles. The van der Waals surface area contributed by atoms with E-state index in [2.05, 4.69) is 10.2 Å². The van der Waals surface area contributed by atoms with Crippen molar-refractivity contribution in [3.05, 3.63) is 34.9 Å². The van der Waals surface area contributed by atoms with Crippen LogP contribution in [0.3, 0.4) is 0 Å². The molecule has 2 rings (SSSR count). The van der Waals surface area contributed by atoms with E-state index in [0.29, 0.717) is 11.6 Å². The topological polar surface area (TPSA) is 41.6 Å². The zero-order valence-electron chi connectivity index (χ0n) is 11.8. The molecule has 4 nitrogen and oxygen atoms in total. The smallest absolute Gasteiger partial charge is 0.328 e. The summed E-state index contributed by atoms with van der Waals surface area (Å²) in [6.07, 6.45) is 1.02. The van der Waals surface area contributed by atoms with Crippen molar-refractivity contribution >= 4 is 17.6 Å². The van der Waals surface area contributed by atoms with E-state index in [1.807, 2.05) is 31.2 Å². The minimum Gasteiger partial charge on any atom is -0.465 e. The summed E-state index contributed by atoms with van der Waals surface area (Å²) in [5.41, 5.74) is 0.901. The van der Waals surface area contributed by atoms with Crippen molar-refractivity contribution in [1.82, 2.24) is 10.2 Å². The fraction of sp³-hybridized carbons (Fsp3) is 0.533. The third-order valence-corrected chi connectivity index (χ3v) is 3.65. The number of benzene rings is 1. The average Bonchev–Trinajstić information content (AvgIpc) is 2.68. The van der Waals surface area contributed by atoms with E-state index in [-0.39, 0.29) is 12.0 Å². The Labute approximate surface area is 125 Å². The molecule has 0 aromatic heterocycles. The van der Waals surface area contributed by atoms with Gasteiger partial charge in [0, 0.05) is 24.7 Å². The highest BCUT2D eigenvalue weighted by Crippen LogP contribution is 2.25. The SMILES string of the molecule is CCOC(=O)C(c1cccc(Cl)c1)N1CCCNCC1. The molecular formula is C15H21ClN2O2. The lowest BCUT2D eigenvalue weighted by molar-refractivity contribution is -0.149. The van der Waals surface area contributed by atoms with Gasteiger partial charge in [-0.15, -0.1) is 0 Å². The second-order valence-corrected chi connectivity index (χ2v) is 5.29. The van der Waals surface area contributed by atoms with Crippen LogP contribution in [0, 0.1) is 0 Å². The molecule has 1 aromatic rings. The summed E-state index contributed by atoms with van der Waals surface area (Å²) in [6, 6.07) is 7.11. The van der Waals surface area contributed by atoms with Gasteiger partial charge >= 0.3 is 5.97 Å². The Hall–Kier alpha value is -1.10. The molecule has 1 N–H and O–H groups in total. The first kappa shape index (κ1) is 15.3. The van der Waals surface area contributed by atoms with Gasteiger partial charge < -0.3 is 10.1 Å². The molecule has 1 saturated heterocycles. The van der Waals surface area contributed by atoms with Crippen LogP contribution < -0.4 is 5.32 Å². The molecule has 1 fully saturated rings. The lowest BCUT2D eigenvalue weighted by atomic mass is 10.0. The van der Waals surface area contributed by atoms with Crippen LogP contribution in [0.4, 0.5) is 0 Å². The number of rotatable bonds is 4. The minimum atomic E-state index is -0.367. The van der Waals surface area contributed by atoms with Gasteiger partial charge in [0.15, 0.2) is 0 Å². The number of nitrogens with zero attached hydrogens (tertiary/aromatic N) is 1. The van der Waals surface area contributed by atoms with Crippen molar-refractivity contribution in [2.75, 3.05) is 32.8 Å². The monoisotopic (exact) mass is 296 g/mol. The third kappa shape index (κ3) is 3.95. The summed E-state index contributed by atoms with van der Waals surface area (Å²) < 4.78 is 5.25. The summed E-state index contributed by atoms with van der Waals surface area (Å²) in [7, 11) is 0. The molecule has 1 heterocycles. The highest BCUT2D eigenvalue weighted by atomic mass is 35.5. The molecule has 110 valence electrons. The predicted molar refractivity (Wildman–Crippen MR) is 79.9 cm³/mol. The molecule has 20 heavy (non-hydrogen) atoms. The van der Waals surface area contributed by atoms with Crippen molar-refractivity contribution in [1.29, 1.82) is 0 Å². The maximum atomic E-state index is 12.3. The lowest BCUT2D eigenvalue weighted by Crippen LogP contribution is -2.37. The molecule has 1 unspecified atom stereocenters. The van der Waals surface area contributed by atoms with Crippen LogP contribution in [0.2, 0.25) is 5.02 Å². The molecule has 1 aromatic carbocycles. The van der Waals surface area contributed by atoms with Crippen LogP contribution >= 0.6 is 11.6 Å². The second-order valence-electron chi connectivity index (χ2n) is 4.85. The number of halogens is 1. The van der Waals surface area contributed by atoms with Crippen LogP contribution in [0.5, 0.6) is 0 Å². The van der Waals surface area contributed by atoms with Crippen LogP contribution in [0.25, 0.3) is 0 Å². The molecule has 0 radical (unpaired) electrons. The molecule has 5 heteroatoms. The summed E-state index contributed by atoms with van der Waals surface area (Å²) >= 11 is 6.06. The van der Waals surface area contributed by atoms with Crippen molar-refractivity contribution in [2.24, 2.45) is 0 Å². The number of esters is 1. The Kier molecular flexibility index (Phi) is 5.83. The van der Waals surface area contributed by atoms with E-state index in [1.165, 1.54) is 0 Å². The van der Waals surface area contributed by atoms with Gasteiger partial charge in [-0.2, -0.15) is 0 Å². The Balaban J connectivity index is 2.25. The van der Waals surface area contributed by atoms with Crippen LogP contribution in [-0.4, -0.2) is 43.7 Å². The normalized spacial score (nSPS) is 18.3. The number of ether oxygens (including phenoxy) is 1. The molecular weight excluding hydrogens is 276 g/mol. The van der Waals surface area contributed by atoms with E-state index >= 15 is 0 Å². The standard InChI is InChI=1S/C15H21ClN2O2/c1-2-20-15(19)14(12-5-3-6-13(16)11-12)18-9-4-7-17-8-10-18/h3,5-6,11,14,17H,2,4,7-10H2,1H3. The Bertz CT molecular complexity index is 445. The van der Waals surface area contributed by atoms with Gasteiger partial charge in [-0.3, -0.25) is 4.90 Å². The summed E-state index contributed by atoms with van der Waals surface area (Å²) in [6.45, 7) is 5.80. The quantitative estimate of drug-likeness (QED) is 0.865. The number of carbonyl (C=O) groups is 1. The first-order valence-electron chi connectivity index (χ1n) is 7.09. The molecule has 0 aliphatic carbocycles. The Morgan fingerprint density at radius 1 is 1.45 bits per heavy atom.